The van der Waals surface area contributed by atoms with Gasteiger partial charge in [-0.25, -0.2) is 0 Å². The molecule has 222 valence electrons. The molecule has 5 aliphatic rings. The molecule has 4 fully saturated rings. The number of nitrogens with zero attached hydrogens (tertiary/aromatic N) is 1. The highest BCUT2D eigenvalue weighted by Gasteiger charge is 2.73. The summed E-state index contributed by atoms with van der Waals surface area (Å²) in [5.41, 5.74) is 0.799. The molecule has 3 heterocycles. The van der Waals surface area contributed by atoms with Crippen LogP contribution in [0.5, 0.6) is 0 Å². The first-order chi connectivity index (χ1) is 19.6. The molecule has 0 aromatic heterocycles. The Morgan fingerprint density at radius 3 is 2.37 bits per heavy atom. The zero-order valence-corrected chi connectivity index (χ0v) is 25.3. The molecule has 0 radical (unpaired) electrons. The minimum Gasteiger partial charge on any atom is -0.359 e. The van der Waals surface area contributed by atoms with Gasteiger partial charge in [0.05, 0.1) is 17.9 Å². The highest BCUT2D eigenvalue weighted by atomic mass is 16.5. The molecule has 2 bridgehead atoms. The summed E-state index contributed by atoms with van der Waals surface area (Å²) in [6, 6.07) is 7.20. The number of likely N-dealkylation sites (tertiary alicyclic amines) is 1. The lowest BCUT2D eigenvalue weighted by molar-refractivity contribution is -0.145. The SMILES string of the molecule is CC1CCC(N2C(=O)C3C(C(=O)Nc4ccc(C(C)C)cc4)C4C=CC3(O4)C2C(=O)NC2CCCC(C)C2C)CC1. The Hall–Kier alpha value is -2.67. The number of hydrogen-bond donors (Lipinski definition) is 2. The van der Waals surface area contributed by atoms with E-state index in [0.717, 1.165) is 38.5 Å². The average molecular weight is 562 g/mol. The summed E-state index contributed by atoms with van der Waals surface area (Å²) in [6.45, 7) is 11.0. The number of amides is 3. The van der Waals surface area contributed by atoms with Gasteiger partial charge in [-0.1, -0.05) is 71.7 Å². The lowest BCUT2D eigenvalue weighted by Crippen LogP contribution is -2.59. The molecule has 2 N–H and O–H groups in total. The molecule has 2 saturated carbocycles. The van der Waals surface area contributed by atoms with Crippen molar-refractivity contribution in [2.45, 2.75) is 115 Å². The van der Waals surface area contributed by atoms with Crippen molar-refractivity contribution in [3.8, 4) is 0 Å². The molecular formula is C34H47N3O4. The molecule has 1 spiro atoms. The average Bonchev–Trinajstić information content (AvgIpc) is 3.59. The van der Waals surface area contributed by atoms with Crippen molar-refractivity contribution in [2.75, 3.05) is 5.32 Å². The number of carbonyl (C=O) groups excluding carboxylic acids is 3. The molecule has 6 rings (SSSR count). The molecule has 41 heavy (non-hydrogen) atoms. The number of hydrogen-bond acceptors (Lipinski definition) is 4. The van der Waals surface area contributed by atoms with Crippen LogP contribution >= 0.6 is 0 Å². The summed E-state index contributed by atoms with van der Waals surface area (Å²) in [4.78, 5) is 44.4. The number of fused-ring (bicyclic) bond motifs is 1. The van der Waals surface area contributed by atoms with Crippen LogP contribution in [-0.4, -0.2) is 52.5 Å². The van der Waals surface area contributed by atoms with E-state index >= 15 is 0 Å². The van der Waals surface area contributed by atoms with Crippen LogP contribution in [0.25, 0.3) is 0 Å². The Labute approximate surface area is 244 Å². The van der Waals surface area contributed by atoms with Gasteiger partial charge in [-0.2, -0.15) is 0 Å². The molecule has 1 aromatic carbocycles. The fourth-order valence-electron chi connectivity index (χ4n) is 8.34. The Kier molecular flexibility index (Phi) is 7.54. The maximum atomic E-state index is 14.4. The summed E-state index contributed by atoms with van der Waals surface area (Å²) in [6.07, 6.45) is 10.4. The van der Waals surface area contributed by atoms with Gasteiger partial charge in [0.2, 0.25) is 17.7 Å². The Morgan fingerprint density at radius 1 is 0.976 bits per heavy atom. The number of ether oxygens (including phenoxy) is 1. The van der Waals surface area contributed by atoms with Gasteiger partial charge in [0.25, 0.3) is 0 Å². The zero-order chi connectivity index (χ0) is 29.1. The minimum atomic E-state index is -1.11. The van der Waals surface area contributed by atoms with Crippen LogP contribution < -0.4 is 10.6 Å². The summed E-state index contributed by atoms with van der Waals surface area (Å²) in [5, 5.41) is 6.44. The van der Waals surface area contributed by atoms with Gasteiger partial charge in [0.15, 0.2) is 0 Å². The molecular weight excluding hydrogens is 514 g/mol. The molecule has 2 saturated heterocycles. The van der Waals surface area contributed by atoms with Crippen LogP contribution in [0.3, 0.4) is 0 Å². The lowest BCUT2D eigenvalue weighted by atomic mass is 9.73. The summed E-state index contributed by atoms with van der Waals surface area (Å²) in [5.74, 6) is 0.116. The van der Waals surface area contributed by atoms with Gasteiger partial charge in [-0.05, 0) is 73.5 Å². The van der Waals surface area contributed by atoms with Crippen molar-refractivity contribution >= 4 is 23.4 Å². The maximum absolute atomic E-state index is 14.4. The zero-order valence-electron chi connectivity index (χ0n) is 25.3. The minimum absolute atomic E-state index is 0.0135. The molecule has 7 heteroatoms. The number of carbonyl (C=O) groups is 3. The third kappa shape index (κ3) is 4.82. The Morgan fingerprint density at radius 2 is 1.68 bits per heavy atom. The highest BCUT2D eigenvalue weighted by molar-refractivity contribution is 6.03. The van der Waals surface area contributed by atoms with E-state index in [4.69, 9.17) is 4.74 Å². The van der Waals surface area contributed by atoms with Crippen molar-refractivity contribution in [3.63, 3.8) is 0 Å². The van der Waals surface area contributed by atoms with E-state index in [0.29, 0.717) is 29.4 Å². The van der Waals surface area contributed by atoms with Crippen LogP contribution in [0.4, 0.5) is 5.69 Å². The second-order valence-electron chi connectivity index (χ2n) is 14.0. The molecule has 3 aliphatic heterocycles. The molecule has 1 aromatic rings. The van der Waals surface area contributed by atoms with Crippen LogP contribution in [0.15, 0.2) is 36.4 Å². The van der Waals surface area contributed by atoms with Gasteiger partial charge in [-0.3, -0.25) is 14.4 Å². The van der Waals surface area contributed by atoms with Crippen LogP contribution in [0.1, 0.15) is 91.0 Å². The van der Waals surface area contributed by atoms with Crippen LogP contribution in [0.2, 0.25) is 0 Å². The summed E-state index contributed by atoms with van der Waals surface area (Å²) in [7, 11) is 0. The molecule has 3 amide bonds. The van der Waals surface area contributed by atoms with Gasteiger partial charge in [0.1, 0.15) is 11.6 Å². The third-order valence-corrected chi connectivity index (χ3v) is 11.1. The molecule has 2 aliphatic carbocycles. The number of rotatable bonds is 6. The lowest BCUT2D eigenvalue weighted by Gasteiger charge is -2.41. The molecule has 7 nitrogen and oxygen atoms in total. The second-order valence-corrected chi connectivity index (χ2v) is 14.0. The van der Waals surface area contributed by atoms with E-state index in [1.807, 2.05) is 41.3 Å². The van der Waals surface area contributed by atoms with Crippen molar-refractivity contribution in [3.05, 3.63) is 42.0 Å². The normalized spacial score (nSPS) is 39.7. The third-order valence-electron chi connectivity index (χ3n) is 11.1. The predicted molar refractivity (Wildman–Crippen MR) is 159 cm³/mol. The standard InChI is InChI=1S/C34H47N3O4/c1-19(2)23-11-13-24(14-12-23)35-31(38)28-27-17-18-34(41-27)29(28)33(40)37(25-15-9-20(3)10-16-25)30(34)32(39)36-26-8-6-7-21(4)22(26)5/h11-14,17-22,25-30H,6-10,15-16H2,1-5H3,(H,35,38)(H,36,39). The quantitative estimate of drug-likeness (QED) is 0.454. The smallest absolute Gasteiger partial charge is 0.246 e. The monoisotopic (exact) mass is 561 g/mol. The van der Waals surface area contributed by atoms with Crippen molar-refractivity contribution in [2.24, 2.45) is 29.6 Å². The number of anilines is 1. The topological polar surface area (TPSA) is 87.7 Å². The number of nitrogens with one attached hydrogen (secondary N) is 2. The molecule has 8 unspecified atom stereocenters. The largest absolute Gasteiger partial charge is 0.359 e. The van der Waals surface area contributed by atoms with Crippen molar-refractivity contribution < 1.29 is 19.1 Å². The van der Waals surface area contributed by atoms with Crippen LogP contribution in [-0.2, 0) is 19.1 Å². The fraction of sp³-hybridized carbons (Fsp3) is 0.676. The van der Waals surface area contributed by atoms with Crippen LogP contribution in [0, 0.1) is 29.6 Å². The van der Waals surface area contributed by atoms with E-state index in [-0.39, 0.29) is 29.8 Å². The Bertz CT molecular complexity index is 1200. The van der Waals surface area contributed by atoms with Crippen molar-refractivity contribution in [1.82, 2.24) is 10.2 Å². The maximum Gasteiger partial charge on any atom is 0.246 e. The fourth-order valence-corrected chi connectivity index (χ4v) is 8.34. The first-order valence-corrected chi connectivity index (χ1v) is 16.0. The first kappa shape index (κ1) is 28.4. The van der Waals surface area contributed by atoms with Crippen molar-refractivity contribution in [1.29, 1.82) is 0 Å². The van der Waals surface area contributed by atoms with E-state index < -0.39 is 29.6 Å². The van der Waals surface area contributed by atoms with E-state index in [2.05, 4.69) is 45.3 Å². The van der Waals surface area contributed by atoms with Gasteiger partial charge >= 0.3 is 0 Å². The number of benzene rings is 1. The Balaban J connectivity index is 1.29. The summed E-state index contributed by atoms with van der Waals surface area (Å²) < 4.78 is 6.59. The van der Waals surface area contributed by atoms with Gasteiger partial charge in [0, 0.05) is 17.8 Å². The summed E-state index contributed by atoms with van der Waals surface area (Å²) >= 11 is 0. The van der Waals surface area contributed by atoms with E-state index in [9.17, 15) is 14.4 Å². The molecule has 8 atom stereocenters. The van der Waals surface area contributed by atoms with E-state index in [1.54, 1.807) is 0 Å². The highest BCUT2D eigenvalue weighted by Crippen LogP contribution is 2.56. The predicted octanol–water partition coefficient (Wildman–Crippen LogP) is 5.42. The second kappa shape index (κ2) is 10.9. The van der Waals surface area contributed by atoms with Gasteiger partial charge < -0.3 is 20.3 Å². The first-order valence-electron chi connectivity index (χ1n) is 16.0. The van der Waals surface area contributed by atoms with E-state index in [1.165, 1.54) is 12.0 Å². The van der Waals surface area contributed by atoms with Gasteiger partial charge in [-0.15, -0.1) is 0 Å².